The van der Waals surface area contributed by atoms with Crippen molar-refractivity contribution in [3.63, 3.8) is 0 Å². The van der Waals surface area contributed by atoms with Crippen molar-refractivity contribution < 1.29 is 9.59 Å². The van der Waals surface area contributed by atoms with Gasteiger partial charge in [-0.05, 0) is 19.3 Å². The van der Waals surface area contributed by atoms with E-state index in [0.29, 0.717) is 39.1 Å². The molecule has 2 aliphatic rings. The lowest BCUT2D eigenvalue weighted by Gasteiger charge is -2.41. The summed E-state index contributed by atoms with van der Waals surface area (Å²) in [7, 11) is 1.86. The summed E-state index contributed by atoms with van der Waals surface area (Å²) in [5, 5.41) is 5.20. The first kappa shape index (κ1) is 18.6. The molecule has 150 valence electrons. The van der Waals surface area contributed by atoms with Crippen molar-refractivity contribution in [1.82, 2.24) is 29.5 Å². The van der Waals surface area contributed by atoms with Crippen molar-refractivity contribution in [2.45, 2.75) is 38.6 Å². The molecule has 0 radical (unpaired) electrons. The number of aromatic nitrogens is 4. The molecule has 4 heterocycles. The van der Waals surface area contributed by atoms with Crippen LogP contribution in [0.1, 0.15) is 32.6 Å². The molecular weight excluding hydrogens is 358 g/mol. The Balaban J connectivity index is 1.44. The minimum atomic E-state index is -0.295. The molecule has 0 spiro atoms. The fraction of sp³-hybridized carbons (Fsp3) is 0.632. The van der Waals surface area contributed by atoms with Crippen molar-refractivity contribution in [2.75, 3.05) is 37.6 Å². The standard InChI is InChI=1S/C19H27N7O2/c1-3-16(27)26-7-5-4-6-15(26)19(28)25-10-8-24(9-11-25)18-14-12-22-23(2)17(14)20-13-21-18/h12-13,15H,3-11H2,1-2H3. The van der Waals surface area contributed by atoms with Crippen molar-refractivity contribution in [1.29, 1.82) is 0 Å². The SMILES string of the molecule is CCC(=O)N1CCCCC1C(=O)N1CCN(c2ncnc3c2cnn3C)CC1. The Hall–Kier alpha value is -2.71. The molecule has 4 rings (SSSR count). The number of carbonyl (C=O) groups excluding carboxylic acids is 2. The Labute approximate surface area is 164 Å². The van der Waals surface area contributed by atoms with Crippen LogP contribution in [0, 0.1) is 0 Å². The third-order valence-electron chi connectivity index (χ3n) is 5.81. The van der Waals surface area contributed by atoms with Gasteiger partial charge in [-0.25, -0.2) is 9.97 Å². The van der Waals surface area contributed by atoms with Crippen LogP contribution in [0.2, 0.25) is 0 Å². The quantitative estimate of drug-likeness (QED) is 0.777. The van der Waals surface area contributed by atoms with E-state index in [4.69, 9.17) is 0 Å². The van der Waals surface area contributed by atoms with Gasteiger partial charge in [0.25, 0.3) is 0 Å². The number of piperazine rings is 1. The number of anilines is 1. The second kappa shape index (κ2) is 7.73. The van der Waals surface area contributed by atoms with E-state index in [1.165, 1.54) is 0 Å². The van der Waals surface area contributed by atoms with Gasteiger partial charge in [0.15, 0.2) is 5.65 Å². The second-order valence-electron chi connectivity index (χ2n) is 7.47. The number of hydrogen-bond acceptors (Lipinski definition) is 6. The molecule has 2 saturated heterocycles. The van der Waals surface area contributed by atoms with Crippen molar-refractivity contribution in [2.24, 2.45) is 7.05 Å². The van der Waals surface area contributed by atoms with Crippen LogP contribution in [0.5, 0.6) is 0 Å². The minimum absolute atomic E-state index is 0.0802. The molecule has 0 saturated carbocycles. The van der Waals surface area contributed by atoms with Crippen LogP contribution in [0.25, 0.3) is 11.0 Å². The van der Waals surface area contributed by atoms with Crippen LogP contribution < -0.4 is 4.90 Å². The number of hydrogen-bond donors (Lipinski definition) is 0. The number of carbonyl (C=O) groups is 2. The van der Waals surface area contributed by atoms with Gasteiger partial charge in [0.05, 0.1) is 11.6 Å². The lowest BCUT2D eigenvalue weighted by atomic mass is 10.00. The highest BCUT2D eigenvalue weighted by Crippen LogP contribution is 2.25. The summed E-state index contributed by atoms with van der Waals surface area (Å²) in [6.07, 6.45) is 6.56. The monoisotopic (exact) mass is 385 g/mol. The Morgan fingerprint density at radius 3 is 2.64 bits per heavy atom. The summed E-state index contributed by atoms with van der Waals surface area (Å²) in [6.45, 7) is 5.24. The zero-order valence-electron chi connectivity index (χ0n) is 16.5. The fourth-order valence-corrected chi connectivity index (χ4v) is 4.24. The van der Waals surface area contributed by atoms with Gasteiger partial charge in [-0.15, -0.1) is 0 Å². The number of rotatable bonds is 3. The molecule has 28 heavy (non-hydrogen) atoms. The van der Waals surface area contributed by atoms with Gasteiger partial charge in [-0.1, -0.05) is 6.92 Å². The number of fused-ring (bicyclic) bond motifs is 1. The smallest absolute Gasteiger partial charge is 0.245 e. The highest BCUT2D eigenvalue weighted by molar-refractivity contribution is 5.89. The molecule has 0 N–H and O–H groups in total. The average molecular weight is 385 g/mol. The van der Waals surface area contributed by atoms with Gasteiger partial charge in [0, 0.05) is 46.2 Å². The Morgan fingerprint density at radius 2 is 1.89 bits per heavy atom. The van der Waals surface area contributed by atoms with E-state index < -0.39 is 0 Å². The zero-order valence-corrected chi connectivity index (χ0v) is 16.5. The molecule has 9 heteroatoms. The van der Waals surface area contributed by atoms with Gasteiger partial charge in [0.2, 0.25) is 11.8 Å². The molecule has 2 aromatic rings. The number of likely N-dealkylation sites (tertiary alicyclic amines) is 1. The van der Waals surface area contributed by atoms with Gasteiger partial charge >= 0.3 is 0 Å². The van der Waals surface area contributed by atoms with Crippen LogP contribution in [-0.2, 0) is 16.6 Å². The molecule has 0 aromatic carbocycles. The predicted molar refractivity (Wildman–Crippen MR) is 105 cm³/mol. The Bertz CT molecular complexity index is 872. The van der Waals surface area contributed by atoms with Crippen molar-refractivity contribution in [3.8, 4) is 0 Å². The molecule has 2 aromatic heterocycles. The highest BCUT2D eigenvalue weighted by Gasteiger charge is 2.35. The molecule has 2 fully saturated rings. The van der Waals surface area contributed by atoms with Crippen LogP contribution in [0.15, 0.2) is 12.5 Å². The molecule has 1 atom stereocenters. The van der Waals surface area contributed by atoms with Crippen LogP contribution in [-0.4, -0.2) is 80.1 Å². The van der Waals surface area contributed by atoms with Crippen LogP contribution in [0.3, 0.4) is 0 Å². The predicted octanol–water partition coefficient (Wildman–Crippen LogP) is 0.803. The second-order valence-corrected chi connectivity index (χ2v) is 7.47. The maximum Gasteiger partial charge on any atom is 0.245 e. The maximum absolute atomic E-state index is 13.1. The largest absolute Gasteiger partial charge is 0.352 e. The number of nitrogens with zero attached hydrogens (tertiary/aromatic N) is 7. The first-order valence-corrected chi connectivity index (χ1v) is 10.1. The minimum Gasteiger partial charge on any atom is -0.352 e. The summed E-state index contributed by atoms with van der Waals surface area (Å²) in [4.78, 5) is 40.0. The average Bonchev–Trinajstić information content (AvgIpc) is 3.14. The van der Waals surface area contributed by atoms with Gasteiger partial charge < -0.3 is 14.7 Å². The number of amides is 2. The summed E-state index contributed by atoms with van der Waals surface area (Å²) in [5.41, 5.74) is 0.805. The first-order valence-electron chi connectivity index (χ1n) is 10.1. The van der Waals surface area contributed by atoms with E-state index in [1.807, 2.05) is 18.9 Å². The third-order valence-corrected chi connectivity index (χ3v) is 5.81. The summed E-state index contributed by atoms with van der Waals surface area (Å²) in [5.74, 6) is 1.04. The van der Waals surface area contributed by atoms with E-state index in [0.717, 1.165) is 36.1 Å². The molecule has 0 aliphatic carbocycles. The van der Waals surface area contributed by atoms with E-state index in [1.54, 1.807) is 22.1 Å². The molecule has 2 amide bonds. The highest BCUT2D eigenvalue weighted by atomic mass is 16.2. The van der Waals surface area contributed by atoms with Crippen LogP contribution >= 0.6 is 0 Å². The summed E-state index contributed by atoms with van der Waals surface area (Å²) < 4.78 is 1.74. The van der Waals surface area contributed by atoms with Crippen molar-refractivity contribution >= 4 is 28.7 Å². The fourth-order valence-electron chi connectivity index (χ4n) is 4.24. The summed E-state index contributed by atoms with van der Waals surface area (Å²) >= 11 is 0. The van der Waals surface area contributed by atoms with Gasteiger partial charge in [-0.3, -0.25) is 14.3 Å². The molecule has 1 unspecified atom stereocenters. The van der Waals surface area contributed by atoms with Gasteiger partial charge in [-0.2, -0.15) is 5.10 Å². The topological polar surface area (TPSA) is 87.5 Å². The first-order chi connectivity index (χ1) is 13.6. The van der Waals surface area contributed by atoms with Crippen molar-refractivity contribution in [3.05, 3.63) is 12.5 Å². The van der Waals surface area contributed by atoms with E-state index >= 15 is 0 Å². The molecular formula is C19H27N7O2. The zero-order chi connectivity index (χ0) is 19.7. The third kappa shape index (κ3) is 3.29. The van der Waals surface area contributed by atoms with Gasteiger partial charge in [0.1, 0.15) is 18.2 Å². The number of piperidine rings is 1. The molecule has 2 aliphatic heterocycles. The van der Waals surface area contributed by atoms with E-state index in [-0.39, 0.29) is 17.9 Å². The molecule has 0 bridgehead atoms. The lowest BCUT2D eigenvalue weighted by molar-refractivity contribution is -0.147. The molecule has 9 nitrogen and oxygen atoms in total. The lowest BCUT2D eigenvalue weighted by Crippen LogP contribution is -2.57. The van der Waals surface area contributed by atoms with E-state index in [2.05, 4.69) is 20.0 Å². The van der Waals surface area contributed by atoms with Crippen LogP contribution in [0.4, 0.5) is 5.82 Å². The Morgan fingerprint density at radius 1 is 1.11 bits per heavy atom. The normalized spacial score (nSPS) is 20.6. The summed E-state index contributed by atoms with van der Waals surface area (Å²) in [6, 6.07) is -0.295. The van der Waals surface area contributed by atoms with E-state index in [9.17, 15) is 9.59 Å². The number of aryl methyl sites for hydroxylation is 1. The maximum atomic E-state index is 13.1. The Kier molecular flexibility index (Phi) is 5.15.